The number of thiocarbonyl (C=S) groups is 1. The van der Waals surface area contributed by atoms with E-state index in [2.05, 4.69) is 0 Å². The second kappa shape index (κ2) is 5.88. The zero-order valence-corrected chi connectivity index (χ0v) is 11.3. The molecule has 0 radical (unpaired) electrons. The molecule has 0 N–H and O–H groups in total. The Hall–Kier alpha value is -2.14. The van der Waals surface area contributed by atoms with Crippen LogP contribution >= 0.6 is 12.2 Å². The summed E-state index contributed by atoms with van der Waals surface area (Å²) in [6.45, 7) is 0. The van der Waals surface area contributed by atoms with E-state index < -0.39 is 11.6 Å². The van der Waals surface area contributed by atoms with Crippen LogP contribution in [0.25, 0.3) is 11.1 Å². The monoisotopic (exact) mass is 292 g/mol. The third-order valence-electron chi connectivity index (χ3n) is 2.86. The van der Waals surface area contributed by atoms with Crippen LogP contribution in [-0.2, 0) is 4.74 Å². The minimum absolute atomic E-state index is 0.116. The molecule has 0 aliphatic carbocycles. The summed E-state index contributed by atoms with van der Waals surface area (Å²) in [5.41, 5.74) is 0.294. The van der Waals surface area contributed by atoms with Crippen molar-refractivity contribution in [2.75, 3.05) is 7.11 Å². The van der Waals surface area contributed by atoms with Gasteiger partial charge in [0.1, 0.15) is 11.6 Å². The molecule has 0 aromatic heterocycles. The molecule has 0 atom stereocenters. The van der Waals surface area contributed by atoms with Gasteiger partial charge in [0.05, 0.1) is 12.7 Å². The Morgan fingerprint density at radius 1 is 1.15 bits per heavy atom. The fourth-order valence-electron chi connectivity index (χ4n) is 1.95. The molecule has 0 aliphatic heterocycles. The van der Waals surface area contributed by atoms with Gasteiger partial charge in [-0.15, -0.1) is 0 Å². The molecule has 0 saturated heterocycles. The molecule has 102 valence electrons. The number of hydrogen-bond donors (Lipinski definition) is 0. The quantitative estimate of drug-likeness (QED) is 0.636. The van der Waals surface area contributed by atoms with E-state index in [4.69, 9.17) is 17.0 Å². The van der Waals surface area contributed by atoms with Gasteiger partial charge in [0.2, 0.25) is 0 Å². The molecule has 2 aromatic rings. The smallest absolute Gasteiger partial charge is 0.191 e. The van der Waals surface area contributed by atoms with Crippen molar-refractivity contribution in [3.63, 3.8) is 0 Å². The summed E-state index contributed by atoms with van der Waals surface area (Å²) in [5.74, 6) is -1.48. The van der Waals surface area contributed by atoms with Crippen molar-refractivity contribution >= 4 is 23.6 Å². The molecule has 5 heteroatoms. The normalized spacial score (nSPS) is 10.2. The van der Waals surface area contributed by atoms with Gasteiger partial charge in [0, 0.05) is 11.1 Å². The van der Waals surface area contributed by atoms with Gasteiger partial charge >= 0.3 is 0 Å². The minimum Gasteiger partial charge on any atom is -0.486 e. The molecular weight excluding hydrogens is 282 g/mol. The highest BCUT2D eigenvalue weighted by Crippen LogP contribution is 2.31. The lowest BCUT2D eigenvalue weighted by molar-refractivity contribution is 0.112. The highest BCUT2D eigenvalue weighted by Gasteiger charge is 2.19. The Morgan fingerprint density at radius 3 is 2.45 bits per heavy atom. The number of hydrogen-bond acceptors (Lipinski definition) is 3. The first-order chi connectivity index (χ1) is 9.60. The van der Waals surface area contributed by atoms with Gasteiger partial charge in [-0.1, -0.05) is 18.2 Å². The highest BCUT2D eigenvalue weighted by molar-refractivity contribution is 7.80. The number of carbonyl (C=O) groups is 1. The summed E-state index contributed by atoms with van der Waals surface area (Å²) in [7, 11) is 1.39. The van der Waals surface area contributed by atoms with Gasteiger partial charge < -0.3 is 4.74 Å². The van der Waals surface area contributed by atoms with Gasteiger partial charge in [0.25, 0.3) is 0 Å². The van der Waals surface area contributed by atoms with Crippen molar-refractivity contribution < 1.29 is 18.3 Å². The van der Waals surface area contributed by atoms with E-state index in [-0.39, 0.29) is 16.2 Å². The van der Waals surface area contributed by atoms with Crippen LogP contribution in [0.2, 0.25) is 0 Å². The predicted molar refractivity (Wildman–Crippen MR) is 75.9 cm³/mol. The van der Waals surface area contributed by atoms with Crippen LogP contribution in [0.1, 0.15) is 15.9 Å². The molecule has 2 nitrogen and oxygen atoms in total. The molecule has 0 heterocycles. The average molecular weight is 292 g/mol. The predicted octanol–water partition coefficient (Wildman–Crippen LogP) is 3.77. The van der Waals surface area contributed by atoms with E-state index in [0.717, 1.165) is 12.1 Å². The van der Waals surface area contributed by atoms with Gasteiger partial charge in [0.15, 0.2) is 11.3 Å². The van der Waals surface area contributed by atoms with E-state index in [1.54, 1.807) is 24.3 Å². The Morgan fingerprint density at radius 2 is 1.80 bits per heavy atom. The number of ether oxygens (including phenoxy) is 1. The lowest BCUT2D eigenvalue weighted by Crippen LogP contribution is -2.05. The maximum Gasteiger partial charge on any atom is 0.191 e. The van der Waals surface area contributed by atoms with Crippen LogP contribution in [0.15, 0.2) is 36.4 Å². The molecule has 0 spiro atoms. The number of methoxy groups -OCH3 is 1. The van der Waals surface area contributed by atoms with E-state index in [1.807, 2.05) is 0 Å². The van der Waals surface area contributed by atoms with E-state index >= 15 is 0 Å². The van der Waals surface area contributed by atoms with Gasteiger partial charge in [-0.05, 0) is 36.0 Å². The molecule has 20 heavy (non-hydrogen) atoms. The molecule has 0 saturated carbocycles. The zero-order chi connectivity index (χ0) is 14.7. The van der Waals surface area contributed by atoms with Crippen molar-refractivity contribution in [2.24, 2.45) is 0 Å². The minimum atomic E-state index is -0.783. The topological polar surface area (TPSA) is 26.3 Å². The number of rotatable bonds is 3. The maximum absolute atomic E-state index is 14.0. The molecule has 0 bridgehead atoms. The summed E-state index contributed by atoms with van der Waals surface area (Å²) < 4.78 is 32.7. The van der Waals surface area contributed by atoms with Crippen LogP contribution in [0.3, 0.4) is 0 Å². The third-order valence-corrected chi connectivity index (χ3v) is 3.25. The first-order valence-electron chi connectivity index (χ1n) is 5.71. The summed E-state index contributed by atoms with van der Waals surface area (Å²) in [5, 5.41) is 0.140. The second-order valence-electron chi connectivity index (χ2n) is 3.97. The van der Waals surface area contributed by atoms with Crippen LogP contribution in [-0.4, -0.2) is 18.4 Å². The molecule has 0 aliphatic rings. The van der Waals surface area contributed by atoms with E-state index in [0.29, 0.717) is 17.4 Å². The van der Waals surface area contributed by atoms with Crippen molar-refractivity contribution in [1.29, 1.82) is 0 Å². The molecule has 2 rings (SSSR count). The Labute approximate surface area is 120 Å². The Kier molecular flexibility index (Phi) is 4.20. The standard InChI is InChI=1S/C15H10F2O2S/c1-19-15(20)10-5-3-2-4-9(10)14-11(8-18)12(16)6-7-13(14)17/h2-8H,1H3. The summed E-state index contributed by atoms with van der Waals surface area (Å²) in [6, 6.07) is 8.42. The number of halogens is 2. The number of carbonyl (C=O) groups excluding carboxylic acids is 1. The molecule has 2 aromatic carbocycles. The third kappa shape index (κ3) is 2.44. The molecule has 0 amide bonds. The van der Waals surface area contributed by atoms with Crippen molar-refractivity contribution in [2.45, 2.75) is 0 Å². The van der Waals surface area contributed by atoms with Crippen LogP contribution in [0.5, 0.6) is 0 Å². The van der Waals surface area contributed by atoms with E-state index in [9.17, 15) is 13.6 Å². The molecule has 0 unspecified atom stereocenters. The average Bonchev–Trinajstić information content (AvgIpc) is 2.48. The lowest BCUT2D eigenvalue weighted by atomic mass is 9.95. The summed E-state index contributed by atoms with van der Waals surface area (Å²) in [6.07, 6.45) is 0.292. The summed E-state index contributed by atoms with van der Waals surface area (Å²) >= 11 is 5.04. The highest BCUT2D eigenvalue weighted by atomic mass is 32.1. The van der Waals surface area contributed by atoms with Crippen molar-refractivity contribution in [3.8, 4) is 11.1 Å². The van der Waals surface area contributed by atoms with E-state index in [1.165, 1.54) is 7.11 Å². The summed E-state index contributed by atoms with van der Waals surface area (Å²) in [4.78, 5) is 11.1. The lowest BCUT2D eigenvalue weighted by Gasteiger charge is -2.13. The first-order valence-corrected chi connectivity index (χ1v) is 6.12. The van der Waals surface area contributed by atoms with Crippen LogP contribution in [0, 0.1) is 11.6 Å². The largest absolute Gasteiger partial charge is 0.486 e. The molecular formula is C15H10F2O2S. The SMILES string of the molecule is COC(=S)c1ccccc1-c1c(F)ccc(F)c1C=O. The fraction of sp³-hybridized carbons (Fsp3) is 0.0667. The van der Waals surface area contributed by atoms with Crippen molar-refractivity contribution in [1.82, 2.24) is 0 Å². The first kappa shape index (κ1) is 14.3. The number of aldehydes is 1. The van der Waals surface area contributed by atoms with Crippen molar-refractivity contribution in [3.05, 3.63) is 59.2 Å². The van der Waals surface area contributed by atoms with Crippen LogP contribution < -0.4 is 0 Å². The van der Waals surface area contributed by atoms with Gasteiger partial charge in [-0.25, -0.2) is 8.78 Å². The van der Waals surface area contributed by atoms with Gasteiger partial charge in [-0.3, -0.25) is 4.79 Å². The Bertz CT molecular complexity index is 684. The fourth-order valence-corrected chi connectivity index (χ4v) is 2.12. The molecule has 0 fully saturated rings. The van der Waals surface area contributed by atoms with Crippen LogP contribution in [0.4, 0.5) is 8.78 Å². The Balaban J connectivity index is 2.79. The second-order valence-corrected chi connectivity index (χ2v) is 4.34. The van der Waals surface area contributed by atoms with Gasteiger partial charge in [-0.2, -0.15) is 0 Å². The maximum atomic E-state index is 14.0. The number of benzene rings is 2. The zero-order valence-electron chi connectivity index (χ0n) is 10.5.